The van der Waals surface area contributed by atoms with E-state index in [0.29, 0.717) is 25.4 Å². The van der Waals surface area contributed by atoms with Gasteiger partial charge in [0.05, 0.1) is 5.69 Å². The SMILES string of the molecule is C[C@H](Cc1cc(N2CC(O)(C3CC3)C2)cc(Cc2cnccn2)n1)c1ccc(F)cc1.Cl. The van der Waals surface area contributed by atoms with Crippen LogP contribution in [0.2, 0.25) is 0 Å². The zero-order valence-corrected chi connectivity index (χ0v) is 18.9. The minimum atomic E-state index is -0.532. The number of nitrogens with zero attached hydrogens (tertiary/aromatic N) is 4. The van der Waals surface area contributed by atoms with Crippen LogP contribution in [0.5, 0.6) is 0 Å². The number of halogens is 2. The molecule has 2 aromatic heterocycles. The van der Waals surface area contributed by atoms with Crippen molar-refractivity contribution in [1.29, 1.82) is 0 Å². The van der Waals surface area contributed by atoms with E-state index in [1.165, 1.54) is 12.1 Å². The summed E-state index contributed by atoms with van der Waals surface area (Å²) >= 11 is 0. The first-order valence-corrected chi connectivity index (χ1v) is 11.0. The maximum absolute atomic E-state index is 13.3. The number of anilines is 1. The lowest BCUT2D eigenvalue weighted by molar-refractivity contribution is -0.00932. The Balaban J connectivity index is 0.00000245. The summed E-state index contributed by atoms with van der Waals surface area (Å²) in [6, 6.07) is 10.9. The summed E-state index contributed by atoms with van der Waals surface area (Å²) in [4.78, 5) is 15.7. The molecule has 0 bridgehead atoms. The molecule has 1 aliphatic carbocycles. The van der Waals surface area contributed by atoms with Crippen LogP contribution in [-0.4, -0.2) is 38.7 Å². The summed E-state index contributed by atoms with van der Waals surface area (Å²) in [6.45, 7) is 3.50. The molecule has 3 heterocycles. The summed E-state index contributed by atoms with van der Waals surface area (Å²) in [6.07, 6.45) is 8.78. The minimum Gasteiger partial charge on any atom is -0.386 e. The van der Waals surface area contributed by atoms with E-state index in [1.54, 1.807) is 18.6 Å². The van der Waals surface area contributed by atoms with Crippen molar-refractivity contribution in [2.75, 3.05) is 18.0 Å². The lowest BCUT2D eigenvalue weighted by atomic mass is 9.88. The van der Waals surface area contributed by atoms with Crippen LogP contribution in [0, 0.1) is 11.7 Å². The Hall–Kier alpha value is -2.57. The average Bonchev–Trinajstić information content (AvgIpc) is 3.58. The van der Waals surface area contributed by atoms with Crippen molar-refractivity contribution >= 4 is 18.1 Å². The fraction of sp³-hybridized carbons (Fsp3) is 0.400. The highest BCUT2D eigenvalue weighted by Crippen LogP contribution is 2.45. The lowest BCUT2D eigenvalue weighted by Crippen LogP contribution is -2.63. The number of β-amino-alcohol motifs (C(OH)–C–C–N with tert-alkyl or cyclic N) is 1. The molecule has 1 atom stereocenters. The van der Waals surface area contributed by atoms with E-state index in [1.807, 2.05) is 12.1 Å². The molecule has 0 amide bonds. The molecule has 5 rings (SSSR count). The van der Waals surface area contributed by atoms with Crippen LogP contribution in [0.25, 0.3) is 0 Å². The average molecular weight is 455 g/mol. The van der Waals surface area contributed by atoms with E-state index in [-0.39, 0.29) is 24.1 Å². The Morgan fingerprint density at radius 1 is 1.09 bits per heavy atom. The highest BCUT2D eigenvalue weighted by molar-refractivity contribution is 5.85. The molecule has 2 fully saturated rings. The lowest BCUT2D eigenvalue weighted by Gasteiger charge is -2.48. The molecule has 168 valence electrons. The summed E-state index contributed by atoms with van der Waals surface area (Å²) in [5.74, 6) is 0.457. The number of aliphatic hydroxyl groups is 1. The van der Waals surface area contributed by atoms with E-state index >= 15 is 0 Å². The Labute approximate surface area is 194 Å². The van der Waals surface area contributed by atoms with Crippen molar-refractivity contribution < 1.29 is 9.50 Å². The standard InChI is InChI=1S/C25H27FN4O.ClH/c1-17(18-2-6-20(26)7-3-18)10-21-12-24(30-15-25(31,16-30)19-4-5-19)13-22(29-21)11-23-14-27-8-9-28-23;/h2-3,6-9,12-14,17,19,31H,4-5,10-11,15-16H2,1H3;1H/t17-;/m1./s1. The fourth-order valence-corrected chi connectivity index (χ4v) is 4.52. The van der Waals surface area contributed by atoms with Crippen LogP contribution < -0.4 is 4.90 Å². The molecule has 5 nitrogen and oxygen atoms in total. The van der Waals surface area contributed by atoms with E-state index in [0.717, 1.165) is 47.6 Å². The topological polar surface area (TPSA) is 62.1 Å². The predicted octanol–water partition coefficient (Wildman–Crippen LogP) is 4.33. The number of aromatic nitrogens is 3. The van der Waals surface area contributed by atoms with Gasteiger partial charge >= 0.3 is 0 Å². The van der Waals surface area contributed by atoms with Crippen molar-refractivity contribution in [3.05, 3.63) is 83.5 Å². The first-order valence-electron chi connectivity index (χ1n) is 11.0. The molecule has 0 spiro atoms. The molecule has 0 unspecified atom stereocenters. The minimum absolute atomic E-state index is 0. The summed E-state index contributed by atoms with van der Waals surface area (Å²) in [7, 11) is 0. The smallest absolute Gasteiger partial charge is 0.123 e. The van der Waals surface area contributed by atoms with Gasteiger partial charge < -0.3 is 10.0 Å². The van der Waals surface area contributed by atoms with Gasteiger partial charge in [0.15, 0.2) is 0 Å². The predicted molar refractivity (Wildman–Crippen MR) is 125 cm³/mol. The normalized spacial score (nSPS) is 17.9. The van der Waals surface area contributed by atoms with Crippen molar-refractivity contribution in [2.24, 2.45) is 5.92 Å². The third-order valence-electron chi connectivity index (χ3n) is 6.48. The third-order valence-corrected chi connectivity index (χ3v) is 6.48. The van der Waals surface area contributed by atoms with Crippen molar-refractivity contribution in [3.63, 3.8) is 0 Å². The van der Waals surface area contributed by atoms with Crippen LogP contribution in [0.4, 0.5) is 10.1 Å². The first kappa shape index (κ1) is 22.6. The molecule has 3 aromatic rings. The van der Waals surface area contributed by atoms with Crippen LogP contribution in [0.15, 0.2) is 55.0 Å². The number of pyridine rings is 1. The molecule has 2 aliphatic rings. The second-order valence-electron chi connectivity index (χ2n) is 9.07. The summed E-state index contributed by atoms with van der Waals surface area (Å²) in [5.41, 5.74) is 4.48. The molecule has 1 N–H and O–H groups in total. The van der Waals surface area contributed by atoms with Gasteiger partial charge in [-0.25, -0.2) is 4.39 Å². The van der Waals surface area contributed by atoms with Gasteiger partial charge in [0, 0.05) is 55.2 Å². The monoisotopic (exact) mass is 454 g/mol. The second kappa shape index (κ2) is 9.12. The van der Waals surface area contributed by atoms with Crippen LogP contribution in [0.3, 0.4) is 0 Å². The zero-order chi connectivity index (χ0) is 21.4. The number of benzene rings is 1. The zero-order valence-electron chi connectivity index (χ0n) is 18.1. The van der Waals surface area contributed by atoms with Crippen LogP contribution >= 0.6 is 12.4 Å². The van der Waals surface area contributed by atoms with Gasteiger partial charge in [0.2, 0.25) is 0 Å². The van der Waals surface area contributed by atoms with Crippen molar-refractivity contribution in [3.8, 4) is 0 Å². The largest absolute Gasteiger partial charge is 0.386 e. The van der Waals surface area contributed by atoms with Gasteiger partial charge in [0.25, 0.3) is 0 Å². The number of rotatable bonds is 7. The molecule has 0 radical (unpaired) electrons. The quantitative estimate of drug-likeness (QED) is 0.575. The summed E-state index contributed by atoms with van der Waals surface area (Å²) in [5, 5.41) is 10.8. The van der Waals surface area contributed by atoms with Gasteiger partial charge in [-0.05, 0) is 60.9 Å². The van der Waals surface area contributed by atoms with E-state index in [4.69, 9.17) is 4.98 Å². The number of hydrogen-bond acceptors (Lipinski definition) is 5. The Morgan fingerprint density at radius 2 is 1.81 bits per heavy atom. The molecular formula is C25H28ClFN4O. The molecular weight excluding hydrogens is 427 g/mol. The van der Waals surface area contributed by atoms with E-state index < -0.39 is 5.60 Å². The molecule has 1 saturated carbocycles. The molecule has 1 aliphatic heterocycles. The van der Waals surface area contributed by atoms with Crippen molar-refractivity contribution in [1.82, 2.24) is 15.0 Å². The molecule has 32 heavy (non-hydrogen) atoms. The Kier molecular flexibility index (Phi) is 6.45. The van der Waals surface area contributed by atoms with Gasteiger partial charge in [-0.3, -0.25) is 15.0 Å². The fourth-order valence-electron chi connectivity index (χ4n) is 4.52. The van der Waals surface area contributed by atoms with E-state index in [9.17, 15) is 9.50 Å². The summed E-state index contributed by atoms with van der Waals surface area (Å²) < 4.78 is 13.3. The maximum Gasteiger partial charge on any atom is 0.123 e. The van der Waals surface area contributed by atoms with Gasteiger partial charge in [-0.2, -0.15) is 0 Å². The van der Waals surface area contributed by atoms with Crippen LogP contribution in [0.1, 0.15) is 48.3 Å². The molecule has 7 heteroatoms. The van der Waals surface area contributed by atoms with Crippen LogP contribution in [-0.2, 0) is 12.8 Å². The van der Waals surface area contributed by atoms with Gasteiger partial charge in [0.1, 0.15) is 11.4 Å². The highest BCUT2D eigenvalue weighted by atomic mass is 35.5. The number of hydrogen-bond donors (Lipinski definition) is 1. The Morgan fingerprint density at radius 3 is 2.47 bits per heavy atom. The van der Waals surface area contributed by atoms with Crippen molar-refractivity contribution in [2.45, 2.75) is 44.1 Å². The third kappa shape index (κ3) is 4.92. The molecule has 1 aromatic carbocycles. The van der Waals surface area contributed by atoms with Gasteiger partial charge in [-0.15, -0.1) is 12.4 Å². The second-order valence-corrected chi connectivity index (χ2v) is 9.07. The Bertz CT molecular complexity index is 1050. The first-order chi connectivity index (χ1) is 15.0. The highest BCUT2D eigenvalue weighted by Gasteiger charge is 2.52. The van der Waals surface area contributed by atoms with E-state index in [2.05, 4.69) is 33.9 Å². The molecule has 1 saturated heterocycles. The van der Waals surface area contributed by atoms with Gasteiger partial charge in [-0.1, -0.05) is 19.1 Å². The maximum atomic E-state index is 13.3.